The Labute approximate surface area is 296 Å². The maximum absolute atomic E-state index is 12.8. The Hall–Kier alpha value is -4.08. The van der Waals surface area contributed by atoms with Crippen LogP contribution in [0.1, 0.15) is 102 Å². The molecule has 4 heterocycles. The van der Waals surface area contributed by atoms with Crippen LogP contribution in [0, 0.1) is 11.8 Å². The number of amides is 2. The van der Waals surface area contributed by atoms with E-state index >= 15 is 0 Å². The van der Waals surface area contributed by atoms with Crippen molar-refractivity contribution in [3.8, 4) is 23.1 Å². The molecule has 0 aliphatic carbocycles. The lowest BCUT2D eigenvalue weighted by Crippen LogP contribution is -2.36. The number of H-pyrrole nitrogens is 2. The van der Waals surface area contributed by atoms with Gasteiger partial charge in [0.1, 0.15) is 17.0 Å². The molecule has 0 spiro atoms. The van der Waals surface area contributed by atoms with E-state index in [1.807, 2.05) is 90.1 Å². The highest BCUT2D eigenvalue weighted by molar-refractivity contribution is 7.59. The molecular weight excluding hydrogens is 645 g/mol. The molecule has 0 unspecified atom stereocenters. The fraction of sp³-hybridized carbons (Fsp3) is 0.444. The van der Waals surface area contributed by atoms with Gasteiger partial charge in [-0.1, -0.05) is 24.0 Å². The molecule has 0 bridgehead atoms. The molecule has 2 aliphatic heterocycles. The minimum atomic E-state index is -0.545. The number of carbonyl (C=O) groups is 2. The predicted molar refractivity (Wildman–Crippen MR) is 197 cm³/mol. The summed E-state index contributed by atoms with van der Waals surface area (Å²) in [6.45, 7) is 12.6. The third-order valence-electron chi connectivity index (χ3n) is 8.07. The molecule has 2 fully saturated rings. The summed E-state index contributed by atoms with van der Waals surface area (Å²) in [7, 11) is 0. The summed E-state index contributed by atoms with van der Waals surface area (Å²) in [5.41, 5.74) is 5.08. The van der Waals surface area contributed by atoms with Crippen molar-refractivity contribution in [2.24, 2.45) is 0 Å². The first-order valence-corrected chi connectivity index (χ1v) is 16.0. The summed E-state index contributed by atoms with van der Waals surface area (Å²) < 4.78 is 11.2. The van der Waals surface area contributed by atoms with Gasteiger partial charge < -0.3 is 14.5 Å². The molecule has 2 atom stereocenters. The average molecular weight is 691 g/mol. The van der Waals surface area contributed by atoms with E-state index in [-0.39, 0.29) is 51.3 Å². The second-order valence-electron chi connectivity index (χ2n) is 14.1. The van der Waals surface area contributed by atoms with E-state index in [1.54, 1.807) is 9.80 Å². The SMILES string of the molecule is CC(C)(C)OC(=O)N1CCC[C@H]1c1cc(-c2ccc(C#Cc3ccc4nc([C@@H]5CCCN5C(=O)OC(C)(C)C)[nH]c4c3)cc2)n[nH]1.S.S. The molecule has 0 radical (unpaired) electrons. The number of nitrogens with zero attached hydrogens (tertiary/aromatic N) is 4. The van der Waals surface area contributed by atoms with Crippen molar-refractivity contribution in [3.05, 3.63) is 71.2 Å². The van der Waals surface area contributed by atoms with Gasteiger partial charge in [0.15, 0.2) is 0 Å². The molecular formula is C36H46N6O4S2. The van der Waals surface area contributed by atoms with Crippen molar-refractivity contribution >= 4 is 50.2 Å². The molecule has 48 heavy (non-hydrogen) atoms. The number of fused-ring (bicyclic) bond motifs is 1. The van der Waals surface area contributed by atoms with Crippen molar-refractivity contribution in [2.45, 2.75) is 90.5 Å². The quantitative estimate of drug-likeness (QED) is 0.213. The Morgan fingerprint density at radius 1 is 0.792 bits per heavy atom. The number of hydrogen-bond acceptors (Lipinski definition) is 6. The minimum Gasteiger partial charge on any atom is -0.444 e. The van der Waals surface area contributed by atoms with Crippen LogP contribution in [-0.2, 0) is 9.47 Å². The smallest absolute Gasteiger partial charge is 0.410 e. The van der Waals surface area contributed by atoms with E-state index in [9.17, 15) is 9.59 Å². The van der Waals surface area contributed by atoms with E-state index in [4.69, 9.17) is 14.5 Å². The summed E-state index contributed by atoms with van der Waals surface area (Å²) in [6, 6.07) is 15.7. The van der Waals surface area contributed by atoms with Crippen molar-refractivity contribution in [1.82, 2.24) is 30.0 Å². The standard InChI is InChI=1S/C36H42N6O4.2H2S/c1-35(2,3)45-33(43)41-19-7-9-30(41)29-22-27(39-40-29)25-16-13-23(14-17-25)11-12-24-15-18-26-28(21-24)38-32(37-26)31-10-8-20-42(31)34(44)46-36(4,5)6;;/h13-18,21-22,30-31H,7-10,19-20H2,1-6H3,(H,37,38)(H,39,40);2*1H2/t30-,31-;;/m0../s1. The minimum absolute atomic E-state index is 0. The Morgan fingerprint density at radius 2 is 1.35 bits per heavy atom. The van der Waals surface area contributed by atoms with Crippen molar-refractivity contribution in [1.29, 1.82) is 0 Å². The van der Waals surface area contributed by atoms with Gasteiger partial charge in [0.2, 0.25) is 0 Å². The van der Waals surface area contributed by atoms with Crippen LogP contribution in [0.2, 0.25) is 0 Å². The average Bonchev–Trinajstić information content (AvgIpc) is 3.79. The number of hydrogen-bond donors (Lipinski definition) is 2. The highest BCUT2D eigenvalue weighted by Crippen LogP contribution is 2.35. The Balaban J connectivity index is 0.00000260. The van der Waals surface area contributed by atoms with Gasteiger partial charge in [0, 0.05) is 29.8 Å². The Morgan fingerprint density at radius 3 is 1.98 bits per heavy atom. The summed E-state index contributed by atoms with van der Waals surface area (Å²) in [4.78, 5) is 37.3. The number of nitrogens with one attached hydrogen (secondary N) is 2. The normalized spacial score (nSPS) is 17.7. The fourth-order valence-electron chi connectivity index (χ4n) is 6.01. The van der Waals surface area contributed by atoms with Crippen molar-refractivity contribution in [3.63, 3.8) is 0 Å². The van der Waals surface area contributed by atoms with E-state index < -0.39 is 11.2 Å². The van der Waals surface area contributed by atoms with E-state index in [0.29, 0.717) is 13.1 Å². The molecule has 6 rings (SSSR count). The number of aromatic amines is 2. The molecule has 4 aromatic rings. The zero-order chi connectivity index (χ0) is 32.6. The molecule has 2 amide bonds. The van der Waals surface area contributed by atoms with Gasteiger partial charge in [0.05, 0.1) is 34.5 Å². The molecule has 12 heteroatoms. The zero-order valence-electron chi connectivity index (χ0n) is 28.4. The Kier molecular flexibility index (Phi) is 11.2. The van der Waals surface area contributed by atoms with Gasteiger partial charge in [-0.05, 0) is 104 Å². The van der Waals surface area contributed by atoms with Gasteiger partial charge >= 0.3 is 12.2 Å². The zero-order valence-corrected chi connectivity index (χ0v) is 30.4. The number of rotatable bonds is 3. The summed E-state index contributed by atoms with van der Waals surface area (Å²) in [5.74, 6) is 7.29. The summed E-state index contributed by atoms with van der Waals surface area (Å²) in [5, 5.41) is 7.68. The van der Waals surface area contributed by atoms with Gasteiger partial charge in [-0.15, -0.1) is 0 Å². The molecule has 256 valence electrons. The molecule has 2 saturated heterocycles. The highest BCUT2D eigenvalue weighted by Gasteiger charge is 2.36. The largest absolute Gasteiger partial charge is 0.444 e. The van der Waals surface area contributed by atoms with Crippen LogP contribution in [0.15, 0.2) is 48.5 Å². The first-order valence-electron chi connectivity index (χ1n) is 16.0. The van der Waals surface area contributed by atoms with E-state index in [1.165, 1.54) is 0 Å². The molecule has 10 nitrogen and oxygen atoms in total. The van der Waals surface area contributed by atoms with Gasteiger partial charge in [-0.25, -0.2) is 14.6 Å². The van der Waals surface area contributed by atoms with Crippen LogP contribution < -0.4 is 0 Å². The first kappa shape index (κ1) is 36.8. The summed E-state index contributed by atoms with van der Waals surface area (Å²) in [6.07, 6.45) is 2.94. The fourth-order valence-corrected chi connectivity index (χ4v) is 6.01. The number of carbonyl (C=O) groups excluding carboxylic acids is 2. The lowest BCUT2D eigenvalue weighted by molar-refractivity contribution is 0.0209. The maximum atomic E-state index is 12.8. The van der Waals surface area contributed by atoms with Gasteiger partial charge in [0.25, 0.3) is 0 Å². The van der Waals surface area contributed by atoms with Crippen LogP contribution in [-0.4, -0.2) is 66.4 Å². The molecule has 2 N–H and O–H groups in total. The number of likely N-dealkylation sites (tertiary alicyclic amines) is 2. The first-order chi connectivity index (χ1) is 21.8. The third-order valence-corrected chi connectivity index (χ3v) is 8.07. The lowest BCUT2D eigenvalue weighted by Gasteiger charge is -2.28. The molecule has 2 aromatic heterocycles. The number of ether oxygens (including phenoxy) is 2. The van der Waals surface area contributed by atoms with Crippen LogP contribution in [0.25, 0.3) is 22.3 Å². The van der Waals surface area contributed by atoms with Gasteiger partial charge in [-0.3, -0.25) is 14.9 Å². The molecule has 0 saturated carbocycles. The Bertz CT molecular complexity index is 1810. The lowest BCUT2D eigenvalue weighted by atomic mass is 10.1. The maximum Gasteiger partial charge on any atom is 0.410 e. The highest BCUT2D eigenvalue weighted by atomic mass is 32.1. The van der Waals surface area contributed by atoms with Crippen LogP contribution in [0.4, 0.5) is 9.59 Å². The second kappa shape index (κ2) is 14.6. The topological polar surface area (TPSA) is 116 Å². The second-order valence-corrected chi connectivity index (χ2v) is 14.1. The predicted octanol–water partition coefficient (Wildman–Crippen LogP) is 7.72. The van der Waals surface area contributed by atoms with Gasteiger partial charge in [-0.2, -0.15) is 32.1 Å². The van der Waals surface area contributed by atoms with Crippen LogP contribution >= 0.6 is 27.0 Å². The summed E-state index contributed by atoms with van der Waals surface area (Å²) >= 11 is 0. The van der Waals surface area contributed by atoms with Crippen LogP contribution in [0.3, 0.4) is 0 Å². The molecule has 2 aliphatic rings. The number of imidazole rings is 1. The number of aromatic nitrogens is 4. The molecule has 2 aromatic carbocycles. The van der Waals surface area contributed by atoms with E-state index in [0.717, 1.165) is 70.6 Å². The number of benzene rings is 2. The van der Waals surface area contributed by atoms with Crippen LogP contribution in [0.5, 0.6) is 0 Å². The monoisotopic (exact) mass is 690 g/mol. The van der Waals surface area contributed by atoms with Crippen molar-refractivity contribution in [2.75, 3.05) is 13.1 Å². The third kappa shape index (κ3) is 8.49. The van der Waals surface area contributed by atoms with Crippen molar-refractivity contribution < 1.29 is 19.1 Å². The van der Waals surface area contributed by atoms with E-state index in [2.05, 4.69) is 27.0 Å².